The number of esters is 1. The third-order valence-corrected chi connectivity index (χ3v) is 3.84. The predicted octanol–water partition coefficient (Wildman–Crippen LogP) is 3.08. The molecule has 2 heterocycles. The minimum Gasteiger partial charge on any atom is -0.479 e. The predicted molar refractivity (Wildman–Crippen MR) is 92.7 cm³/mol. The lowest BCUT2D eigenvalue weighted by molar-refractivity contribution is 0.0378. The minimum absolute atomic E-state index is 0.140. The zero-order valence-corrected chi connectivity index (χ0v) is 14.6. The van der Waals surface area contributed by atoms with Crippen LogP contribution in [0.2, 0.25) is 5.02 Å². The number of carbonyl (C=O) groups excluding carboxylic acids is 1. The van der Waals surface area contributed by atoms with E-state index in [1.807, 2.05) is 6.07 Å². The Kier molecular flexibility index (Phi) is 4.50. The standard InChI is InChI=1S/C17H16ClN3O4/c1-9(2)25-16(22)11-7-19-17(23)20-14(11)12-8-21(24-3)15-10(12)5-4-6-13(15)18/h4-9H,1-3H3,(H,19,20,23). The van der Waals surface area contributed by atoms with Gasteiger partial charge in [0.1, 0.15) is 18.2 Å². The highest BCUT2D eigenvalue weighted by molar-refractivity contribution is 6.35. The second kappa shape index (κ2) is 6.60. The quantitative estimate of drug-likeness (QED) is 0.718. The molecule has 0 amide bonds. The zero-order valence-electron chi connectivity index (χ0n) is 13.9. The molecule has 7 nitrogen and oxygen atoms in total. The Labute approximate surface area is 148 Å². The average molecular weight is 362 g/mol. The van der Waals surface area contributed by atoms with Crippen molar-refractivity contribution in [1.82, 2.24) is 14.7 Å². The van der Waals surface area contributed by atoms with E-state index in [-0.39, 0.29) is 17.4 Å². The Bertz CT molecular complexity index is 952. The van der Waals surface area contributed by atoms with Crippen LogP contribution in [0.25, 0.3) is 22.2 Å². The number of ether oxygens (including phenoxy) is 1. The van der Waals surface area contributed by atoms with E-state index >= 15 is 0 Å². The fourth-order valence-electron chi connectivity index (χ4n) is 2.55. The average Bonchev–Trinajstić information content (AvgIpc) is 2.94. The van der Waals surface area contributed by atoms with Crippen molar-refractivity contribution < 1.29 is 19.5 Å². The molecule has 0 aliphatic heterocycles. The number of para-hydroxylation sites is 1. The van der Waals surface area contributed by atoms with Gasteiger partial charge in [0.2, 0.25) is 0 Å². The Morgan fingerprint density at radius 2 is 2.12 bits per heavy atom. The summed E-state index contributed by atoms with van der Waals surface area (Å²) in [5, 5.41) is 10.9. The van der Waals surface area contributed by atoms with Gasteiger partial charge in [0.05, 0.1) is 23.0 Å². The molecule has 0 saturated heterocycles. The number of aromatic nitrogens is 3. The number of rotatable bonds is 4. The van der Waals surface area contributed by atoms with E-state index in [0.29, 0.717) is 21.5 Å². The topological polar surface area (TPSA) is 86.5 Å². The molecule has 0 unspecified atom stereocenters. The van der Waals surface area contributed by atoms with Gasteiger partial charge in [-0.1, -0.05) is 23.7 Å². The number of benzene rings is 1. The number of hydrogen-bond acceptors (Lipinski definition) is 6. The van der Waals surface area contributed by atoms with Gasteiger partial charge in [-0.3, -0.25) is 0 Å². The van der Waals surface area contributed by atoms with Crippen molar-refractivity contribution in [2.75, 3.05) is 7.11 Å². The first kappa shape index (κ1) is 17.0. The Balaban J connectivity index is 2.27. The van der Waals surface area contributed by atoms with Crippen LogP contribution in [0.5, 0.6) is 6.01 Å². The molecule has 0 spiro atoms. The van der Waals surface area contributed by atoms with Crippen molar-refractivity contribution in [3.05, 3.63) is 41.2 Å². The van der Waals surface area contributed by atoms with E-state index in [0.717, 1.165) is 0 Å². The van der Waals surface area contributed by atoms with Gasteiger partial charge < -0.3 is 14.7 Å². The minimum atomic E-state index is -0.578. The summed E-state index contributed by atoms with van der Waals surface area (Å²) in [5.41, 5.74) is 1.57. The second-order valence-electron chi connectivity index (χ2n) is 5.57. The van der Waals surface area contributed by atoms with Gasteiger partial charge in [-0.25, -0.2) is 9.78 Å². The van der Waals surface area contributed by atoms with Crippen molar-refractivity contribution in [2.45, 2.75) is 20.0 Å². The summed E-state index contributed by atoms with van der Waals surface area (Å²) >= 11 is 6.27. The Morgan fingerprint density at radius 1 is 1.36 bits per heavy atom. The Hall–Kier alpha value is -2.80. The molecule has 0 atom stereocenters. The van der Waals surface area contributed by atoms with E-state index in [1.54, 1.807) is 32.2 Å². The van der Waals surface area contributed by atoms with E-state index in [1.165, 1.54) is 18.0 Å². The molecule has 25 heavy (non-hydrogen) atoms. The number of nitrogens with zero attached hydrogens (tertiary/aromatic N) is 3. The molecule has 130 valence electrons. The highest BCUT2D eigenvalue weighted by Gasteiger charge is 2.23. The number of halogens is 1. The fourth-order valence-corrected chi connectivity index (χ4v) is 2.80. The number of aromatic hydroxyl groups is 1. The van der Waals surface area contributed by atoms with Gasteiger partial charge in [-0.15, -0.1) is 0 Å². The zero-order chi connectivity index (χ0) is 18.1. The highest BCUT2D eigenvalue weighted by Crippen LogP contribution is 2.35. The van der Waals surface area contributed by atoms with Gasteiger partial charge in [0.15, 0.2) is 0 Å². The summed E-state index contributed by atoms with van der Waals surface area (Å²) < 4.78 is 6.72. The number of fused-ring (bicyclic) bond motifs is 1. The van der Waals surface area contributed by atoms with Crippen LogP contribution in [-0.2, 0) is 4.74 Å². The van der Waals surface area contributed by atoms with Crippen LogP contribution in [-0.4, -0.2) is 39.0 Å². The molecule has 3 rings (SSSR count). The molecule has 0 fully saturated rings. The molecule has 8 heteroatoms. The summed E-state index contributed by atoms with van der Waals surface area (Å²) in [5.74, 6) is -0.578. The summed E-state index contributed by atoms with van der Waals surface area (Å²) in [4.78, 5) is 25.4. The third-order valence-electron chi connectivity index (χ3n) is 3.53. The number of carbonyl (C=O) groups is 1. The van der Waals surface area contributed by atoms with Crippen molar-refractivity contribution in [2.24, 2.45) is 0 Å². The molecular formula is C17H16ClN3O4. The van der Waals surface area contributed by atoms with Crippen LogP contribution in [0.1, 0.15) is 24.2 Å². The molecule has 2 aromatic heterocycles. The summed E-state index contributed by atoms with van der Waals surface area (Å²) in [7, 11) is 1.50. The molecule has 0 aliphatic rings. The normalized spacial score (nSPS) is 11.1. The summed E-state index contributed by atoms with van der Waals surface area (Å²) in [6, 6.07) is 4.88. The van der Waals surface area contributed by atoms with Gasteiger partial charge in [0, 0.05) is 17.1 Å². The van der Waals surface area contributed by atoms with Crippen LogP contribution in [0, 0.1) is 0 Å². The summed E-state index contributed by atoms with van der Waals surface area (Å²) in [6.07, 6.45) is 2.58. The molecule has 0 saturated carbocycles. The first-order chi connectivity index (χ1) is 11.9. The maximum Gasteiger partial charge on any atom is 0.342 e. The van der Waals surface area contributed by atoms with Crippen LogP contribution < -0.4 is 4.84 Å². The van der Waals surface area contributed by atoms with Crippen LogP contribution >= 0.6 is 11.6 Å². The van der Waals surface area contributed by atoms with Crippen LogP contribution in [0.15, 0.2) is 30.6 Å². The molecule has 1 N–H and O–H groups in total. The molecule has 0 radical (unpaired) electrons. The Morgan fingerprint density at radius 3 is 2.80 bits per heavy atom. The van der Waals surface area contributed by atoms with Crippen molar-refractivity contribution in [3.63, 3.8) is 0 Å². The molecule has 0 bridgehead atoms. The maximum atomic E-state index is 12.4. The van der Waals surface area contributed by atoms with Crippen molar-refractivity contribution >= 4 is 28.5 Å². The van der Waals surface area contributed by atoms with Crippen LogP contribution in [0.3, 0.4) is 0 Å². The smallest absolute Gasteiger partial charge is 0.342 e. The van der Waals surface area contributed by atoms with Crippen molar-refractivity contribution in [1.29, 1.82) is 0 Å². The maximum absolute atomic E-state index is 12.4. The second-order valence-corrected chi connectivity index (χ2v) is 5.98. The lowest BCUT2D eigenvalue weighted by Gasteiger charge is -2.10. The summed E-state index contributed by atoms with van der Waals surface area (Å²) in [6.45, 7) is 3.49. The molecular weight excluding hydrogens is 346 g/mol. The lowest BCUT2D eigenvalue weighted by atomic mass is 10.1. The number of hydrogen-bond donors (Lipinski definition) is 1. The SMILES string of the molecule is COn1cc(-c2nc(O)ncc2C(=O)OC(C)C)c2cccc(Cl)c21. The van der Waals surface area contributed by atoms with Gasteiger partial charge in [-0.2, -0.15) is 9.71 Å². The third kappa shape index (κ3) is 3.10. The molecule has 0 aliphatic carbocycles. The van der Waals surface area contributed by atoms with E-state index in [2.05, 4.69) is 9.97 Å². The first-order valence-electron chi connectivity index (χ1n) is 7.53. The highest BCUT2D eigenvalue weighted by atomic mass is 35.5. The van der Waals surface area contributed by atoms with E-state index < -0.39 is 12.0 Å². The molecule has 3 aromatic rings. The fraction of sp³-hybridized carbons (Fsp3) is 0.235. The van der Waals surface area contributed by atoms with E-state index in [4.69, 9.17) is 21.2 Å². The monoisotopic (exact) mass is 361 g/mol. The first-order valence-corrected chi connectivity index (χ1v) is 7.91. The van der Waals surface area contributed by atoms with Gasteiger partial charge >= 0.3 is 12.0 Å². The van der Waals surface area contributed by atoms with Crippen LogP contribution in [0.4, 0.5) is 0 Å². The van der Waals surface area contributed by atoms with Gasteiger partial charge in [0.25, 0.3) is 0 Å². The lowest BCUT2D eigenvalue weighted by Crippen LogP contribution is -2.13. The van der Waals surface area contributed by atoms with E-state index in [9.17, 15) is 9.90 Å². The largest absolute Gasteiger partial charge is 0.479 e. The van der Waals surface area contributed by atoms with Crippen molar-refractivity contribution in [3.8, 4) is 17.3 Å². The van der Waals surface area contributed by atoms with Gasteiger partial charge in [-0.05, 0) is 19.9 Å². The molecule has 1 aromatic carbocycles.